The maximum atomic E-state index is 12.4. The Labute approximate surface area is 183 Å². The van der Waals surface area contributed by atoms with Gasteiger partial charge in [-0.2, -0.15) is 10.2 Å². The van der Waals surface area contributed by atoms with Crippen LogP contribution < -0.4 is 0 Å². The first-order valence-electron chi connectivity index (χ1n) is 9.84. The average molecular weight is 432 g/mol. The van der Waals surface area contributed by atoms with Crippen LogP contribution in [0.4, 0.5) is 0 Å². The summed E-state index contributed by atoms with van der Waals surface area (Å²) >= 11 is 0. The van der Waals surface area contributed by atoms with Crippen molar-refractivity contribution in [1.82, 2.24) is 29.5 Å². The quantitative estimate of drug-likeness (QED) is 0.390. The Kier molecular flexibility index (Phi) is 6.30. The van der Waals surface area contributed by atoms with Crippen LogP contribution in [0.3, 0.4) is 0 Å². The monoisotopic (exact) mass is 432 g/mol. The molecule has 10 heteroatoms. The molecule has 2 aromatic heterocycles. The highest BCUT2D eigenvalue weighted by molar-refractivity contribution is 5.90. The van der Waals surface area contributed by atoms with Gasteiger partial charge in [-0.25, -0.2) is 28.9 Å². The van der Waals surface area contributed by atoms with E-state index in [1.807, 2.05) is 19.1 Å². The van der Waals surface area contributed by atoms with Crippen LogP contribution >= 0.6 is 0 Å². The molecule has 10 nitrogen and oxygen atoms in total. The lowest BCUT2D eigenvalue weighted by atomic mass is 10.2. The summed E-state index contributed by atoms with van der Waals surface area (Å²) in [6.45, 7) is 2.05. The number of aromatic nitrogens is 6. The first-order valence-corrected chi connectivity index (χ1v) is 9.84. The van der Waals surface area contributed by atoms with Gasteiger partial charge in [0.05, 0.1) is 35.7 Å². The smallest absolute Gasteiger partial charge is 0.338 e. The maximum Gasteiger partial charge on any atom is 0.338 e. The van der Waals surface area contributed by atoms with E-state index in [0.29, 0.717) is 22.5 Å². The fraction of sp³-hybridized carbons (Fsp3) is 0.182. The molecule has 4 aromatic rings. The summed E-state index contributed by atoms with van der Waals surface area (Å²) in [5.41, 5.74) is 2.19. The molecule has 0 bridgehead atoms. The Hall–Kier alpha value is -4.34. The fourth-order valence-corrected chi connectivity index (χ4v) is 2.88. The topological polar surface area (TPSA) is 114 Å². The van der Waals surface area contributed by atoms with Crippen molar-refractivity contribution >= 4 is 11.9 Å². The summed E-state index contributed by atoms with van der Waals surface area (Å²) in [7, 11) is 0. The molecule has 2 heterocycles. The molecule has 162 valence electrons. The van der Waals surface area contributed by atoms with E-state index in [2.05, 4.69) is 20.2 Å². The number of hydrogen-bond donors (Lipinski definition) is 0. The number of carbonyl (C=O) groups excluding carboxylic acids is 2. The molecule has 0 aliphatic rings. The zero-order chi connectivity index (χ0) is 22.3. The van der Waals surface area contributed by atoms with Crippen molar-refractivity contribution < 1.29 is 19.1 Å². The molecule has 0 saturated carbocycles. The van der Waals surface area contributed by atoms with Crippen LogP contribution in [0.5, 0.6) is 0 Å². The third kappa shape index (κ3) is 5.04. The van der Waals surface area contributed by atoms with E-state index in [4.69, 9.17) is 9.47 Å². The Morgan fingerprint density at radius 2 is 1.28 bits per heavy atom. The van der Waals surface area contributed by atoms with Crippen LogP contribution in [0.25, 0.3) is 11.4 Å². The van der Waals surface area contributed by atoms with Crippen LogP contribution in [-0.2, 0) is 9.47 Å². The molecule has 32 heavy (non-hydrogen) atoms. The first-order chi connectivity index (χ1) is 15.6. The highest BCUT2D eigenvalue weighted by Crippen LogP contribution is 2.13. The lowest BCUT2D eigenvalue weighted by Gasteiger charge is -2.13. The second-order valence-electron chi connectivity index (χ2n) is 7.08. The minimum atomic E-state index is -0.467. The van der Waals surface area contributed by atoms with Crippen molar-refractivity contribution in [3.8, 4) is 11.4 Å². The molecule has 0 atom stereocenters. The molecule has 0 saturated heterocycles. The van der Waals surface area contributed by atoms with Crippen molar-refractivity contribution in [1.29, 1.82) is 0 Å². The standard InChI is InChI=1S/C22H20N6O4/c1-16(10-31-21(29)17-4-2-6-19(8-17)27-14-23-12-25-27)11-32-22(30)18-5-3-7-20(9-18)28-15-24-13-26-28/h2-9,12-16H,10-11H2,1H3. The van der Waals surface area contributed by atoms with Gasteiger partial charge >= 0.3 is 11.9 Å². The zero-order valence-corrected chi connectivity index (χ0v) is 17.2. The van der Waals surface area contributed by atoms with Crippen molar-refractivity contribution in [2.24, 2.45) is 5.92 Å². The Morgan fingerprint density at radius 1 is 0.812 bits per heavy atom. The number of benzene rings is 2. The minimum absolute atomic E-state index is 0.110. The second-order valence-corrected chi connectivity index (χ2v) is 7.08. The van der Waals surface area contributed by atoms with Gasteiger partial charge in [-0.15, -0.1) is 0 Å². The van der Waals surface area contributed by atoms with Gasteiger partial charge in [0.15, 0.2) is 0 Å². The van der Waals surface area contributed by atoms with Gasteiger partial charge in [-0.1, -0.05) is 19.1 Å². The predicted molar refractivity (Wildman–Crippen MR) is 112 cm³/mol. The molecule has 0 unspecified atom stereocenters. The molecular formula is C22H20N6O4. The molecule has 0 spiro atoms. The second kappa shape index (κ2) is 9.65. The molecule has 0 N–H and O–H groups in total. The van der Waals surface area contributed by atoms with E-state index < -0.39 is 11.9 Å². The summed E-state index contributed by atoms with van der Waals surface area (Å²) < 4.78 is 13.9. The van der Waals surface area contributed by atoms with E-state index in [1.54, 1.807) is 58.4 Å². The SMILES string of the molecule is CC(COC(=O)c1cccc(-n2cncn2)c1)COC(=O)c1cccc(-n2cncn2)c1. The lowest BCUT2D eigenvalue weighted by molar-refractivity contribution is 0.0283. The molecule has 2 aromatic carbocycles. The van der Waals surface area contributed by atoms with Crippen molar-refractivity contribution in [3.63, 3.8) is 0 Å². The van der Waals surface area contributed by atoms with E-state index in [9.17, 15) is 9.59 Å². The summed E-state index contributed by atoms with van der Waals surface area (Å²) in [6.07, 6.45) is 5.92. The van der Waals surface area contributed by atoms with Gasteiger partial charge in [0.2, 0.25) is 0 Å². The van der Waals surface area contributed by atoms with Crippen LogP contribution in [0.2, 0.25) is 0 Å². The van der Waals surface area contributed by atoms with E-state index in [0.717, 1.165) is 0 Å². The summed E-state index contributed by atoms with van der Waals surface area (Å²) in [6, 6.07) is 13.8. The van der Waals surface area contributed by atoms with E-state index in [1.165, 1.54) is 12.7 Å². The highest BCUT2D eigenvalue weighted by atomic mass is 16.5. The molecule has 0 aliphatic heterocycles. The number of hydrogen-bond acceptors (Lipinski definition) is 8. The van der Waals surface area contributed by atoms with Crippen LogP contribution in [0.1, 0.15) is 27.6 Å². The van der Waals surface area contributed by atoms with Crippen molar-refractivity contribution in [3.05, 3.63) is 85.0 Å². The van der Waals surface area contributed by atoms with E-state index in [-0.39, 0.29) is 19.1 Å². The van der Waals surface area contributed by atoms with Crippen molar-refractivity contribution in [2.45, 2.75) is 6.92 Å². The summed E-state index contributed by atoms with van der Waals surface area (Å²) in [4.78, 5) is 32.6. The predicted octanol–water partition coefficient (Wildman–Crippen LogP) is 2.50. The Morgan fingerprint density at radius 3 is 1.69 bits per heavy atom. The number of carbonyl (C=O) groups is 2. The van der Waals surface area contributed by atoms with Gasteiger partial charge < -0.3 is 9.47 Å². The molecule has 4 rings (SSSR count). The van der Waals surface area contributed by atoms with Crippen LogP contribution in [0, 0.1) is 5.92 Å². The van der Waals surface area contributed by atoms with Crippen LogP contribution in [-0.4, -0.2) is 54.7 Å². The number of esters is 2. The van der Waals surface area contributed by atoms with E-state index >= 15 is 0 Å². The third-order valence-electron chi connectivity index (χ3n) is 4.53. The first kappa shape index (κ1) is 20.9. The molecule has 0 aliphatic carbocycles. The molecular weight excluding hydrogens is 412 g/mol. The number of rotatable bonds is 8. The third-order valence-corrected chi connectivity index (χ3v) is 4.53. The average Bonchev–Trinajstić information content (AvgIpc) is 3.56. The van der Waals surface area contributed by atoms with Gasteiger partial charge in [0, 0.05) is 5.92 Å². The Bertz CT molecular complexity index is 1100. The molecule has 0 fully saturated rings. The highest BCUT2D eigenvalue weighted by Gasteiger charge is 2.14. The largest absolute Gasteiger partial charge is 0.462 e. The summed E-state index contributed by atoms with van der Waals surface area (Å²) in [5.74, 6) is -1.11. The number of ether oxygens (including phenoxy) is 2. The zero-order valence-electron chi connectivity index (χ0n) is 17.2. The van der Waals surface area contributed by atoms with Crippen LogP contribution in [0.15, 0.2) is 73.8 Å². The Balaban J connectivity index is 1.28. The number of nitrogens with zero attached hydrogens (tertiary/aromatic N) is 6. The van der Waals surface area contributed by atoms with Crippen molar-refractivity contribution in [2.75, 3.05) is 13.2 Å². The van der Waals surface area contributed by atoms with Gasteiger partial charge in [0.1, 0.15) is 25.3 Å². The van der Waals surface area contributed by atoms with Gasteiger partial charge in [0.25, 0.3) is 0 Å². The molecule has 0 radical (unpaired) electrons. The normalized spacial score (nSPS) is 10.8. The lowest BCUT2D eigenvalue weighted by Crippen LogP contribution is -2.19. The maximum absolute atomic E-state index is 12.4. The van der Waals surface area contributed by atoms with Gasteiger partial charge in [-0.05, 0) is 36.4 Å². The van der Waals surface area contributed by atoms with Gasteiger partial charge in [-0.3, -0.25) is 0 Å². The fourth-order valence-electron chi connectivity index (χ4n) is 2.88. The minimum Gasteiger partial charge on any atom is -0.462 e. The summed E-state index contributed by atoms with van der Waals surface area (Å²) in [5, 5.41) is 8.09. The molecule has 0 amide bonds.